The van der Waals surface area contributed by atoms with Crippen molar-refractivity contribution in [3.63, 3.8) is 0 Å². The number of primary amides is 1. The van der Waals surface area contributed by atoms with Crippen molar-refractivity contribution >= 4 is 23.5 Å². The van der Waals surface area contributed by atoms with Crippen molar-refractivity contribution in [1.29, 1.82) is 0 Å². The van der Waals surface area contributed by atoms with Gasteiger partial charge < -0.3 is 16.2 Å². The van der Waals surface area contributed by atoms with Gasteiger partial charge in [-0.1, -0.05) is 11.1 Å². The highest BCUT2D eigenvalue weighted by molar-refractivity contribution is 5.97. The van der Waals surface area contributed by atoms with Gasteiger partial charge in [0.05, 0.1) is 11.8 Å². The fraction of sp³-hybridized carbons (Fsp3) is 0.353. The van der Waals surface area contributed by atoms with Crippen molar-refractivity contribution in [2.45, 2.75) is 26.7 Å². The van der Waals surface area contributed by atoms with E-state index in [4.69, 9.17) is 5.73 Å². The molecule has 0 spiro atoms. The molecule has 1 aliphatic carbocycles. The highest BCUT2D eigenvalue weighted by Crippen LogP contribution is 2.35. The van der Waals surface area contributed by atoms with Crippen molar-refractivity contribution in [3.05, 3.63) is 41.0 Å². The zero-order valence-electron chi connectivity index (χ0n) is 13.1. The molecule has 2 amide bonds. The minimum absolute atomic E-state index is 0.323. The second-order valence-corrected chi connectivity index (χ2v) is 5.95. The van der Waals surface area contributed by atoms with Gasteiger partial charge in [-0.05, 0) is 51.0 Å². The van der Waals surface area contributed by atoms with Crippen molar-refractivity contribution in [2.24, 2.45) is 17.6 Å². The summed E-state index contributed by atoms with van der Waals surface area (Å²) in [7, 11) is 0. The van der Waals surface area contributed by atoms with E-state index in [1.165, 1.54) is 12.1 Å². The lowest BCUT2D eigenvalue weighted by Crippen LogP contribution is -2.36. The van der Waals surface area contributed by atoms with Gasteiger partial charge in [0.15, 0.2) is 0 Å². The summed E-state index contributed by atoms with van der Waals surface area (Å²) < 4.78 is 0. The van der Waals surface area contributed by atoms with Gasteiger partial charge in [0, 0.05) is 11.3 Å². The van der Waals surface area contributed by atoms with Crippen LogP contribution in [0.1, 0.15) is 37.0 Å². The number of amides is 2. The van der Waals surface area contributed by atoms with E-state index in [0.717, 1.165) is 11.1 Å². The van der Waals surface area contributed by atoms with Gasteiger partial charge in [0.2, 0.25) is 11.8 Å². The third-order valence-electron chi connectivity index (χ3n) is 4.36. The Morgan fingerprint density at radius 1 is 1.04 bits per heavy atom. The third kappa shape index (κ3) is 3.77. The summed E-state index contributed by atoms with van der Waals surface area (Å²) in [6.07, 6.45) is 0.827. The van der Waals surface area contributed by atoms with E-state index in [0.29, 0.717) is 24.1 Å². The molecular formula is C17H20N2O4. The normalized spacial score (nSPS) is 21.0. The lowest BCUT2D eigenvalue weighted by Gasteiger charge is -2.29. The first kappa shape index (κ1) is 16.7. The van der Waals surface area contributed by atoms with Gasteiger partial charge in [-0.3, -0.25) is 14.4 Å². The van der Waals surface area contributed by atoms with Crippen LogP contribution in [0.25, 0.3) is 0 Å². The standard InChI is InChI=1S/C17H20N2O4/c1-9-7-13(14(17(22)23)8-10(9)2)16(21)19-12-5-3-11(4-6-12)15(18)20/h3-6,13-14H,7-8H2,1-2H3,(H2,18,20)(H,19,21)(H,22,23)/t13-,14+/m0/s1. The number of allylic oxidation sites excluding steroid dienone is 2. The fourth-order valence-electron chi connectivity index (χ4n) is 2.78. The van der Waals surface area contributed by atoms with E-state index < -0.39 is 23.7 Å². The molecule has 0 fully saturated rings. The van der Waals surface area contributed by atoms with Gasteiger partial charge in [-0.2, -0.15) is 0 Å². The van der Waals surface area contributed by atoms with E-state index in [-0.39, 0.29) is 5.91 Å². The first-order valence-electron chi connectivity index (χ1n) is 7.38. The SMILES string of the molecule is CC1=C(C)C[C@@H](C(=O)O)[C@@H](C(=O)Nc2ccc(C(N)=O)cc2)C1. The monoisotopic (exact) mass is 316 g/mol. The molecule has 4 N–H and O–H groups in total. The van der Waals surface area contributed by atoms with Gasteiger partial charge in [0.25, 0.3) is 0 Å². The van der Waals surface area contributed by atoms with Crippen molar-refractivity contribution in [3.8, 4) is 0 Å². The fourth-order valence-corrected chi connectivity index (χ4v) is 2.78. The maximum absolute atomic E-state index is 12.5. The van der Waals surface area contributed by atoms with Crippen LogP contribution in [0.2, 0.25) is 0 Å². The second kappa shape index (κ2) is 6.64. The maximum atomic E-state index is 12.5. The molecule has 6 nitrogen and oxygen atoms in total. The van der Waals surface area contributed by atoms with Crippen molar-refractivity contribution in [1.82, 2.24) is 0 Å². The summed E-state index contributed by atoms with van der Waals surface area (Å²) >= 11 is 0. The van der Waals surface area contributed by atoms with E-state index in [9.17, 15) is 19.5 Å². The molecule has 1 aliphatic rings. The lowest BCUT2D eigenvalue weighted by molar-refractivity contribution is -0.146. The lowest BCUT2D eigenvalue weighted by atomic mass is 9.76. The molecule has 0 radical (unpaired) electrons. The Morgan fingerprint density at radius 2 is 1.57 bits per heavy atom. The number of carbonyl (C=O) groups is 3. The smallest absolute Gasteiger partial charge is 0.307 e. The summed E-state index contributed by atoms with van der Waals surface area (Å²) in [6, 6.07) is 6.18. The number of rotatable bonds is 4. The molecule has 0 aliphatic heterocycles. The third-order valence-corrected chi connectivity index (χ3v) is 4.36. The minimum atomic E-state index is -0.957. The topological polar surface area (TPSA) is 109 Å². The number of aliphatic carboxylic acids is 1. The number of carboxylic acid groups (broad SMARTS) is 1. The molecule has 6 heteroatoms. The van der Waals surface area contributed by atoms with E-state index in [1.807, 2.05) is 13.8 Å². The largest absolute Gasteiger partial charge is 0.481 e. The summed E-state index contributed by atoms with van der Waals surface area (Å²) in [5, 5.41) is 12.1. The zero-order valence-corrected chi connectivity index (χ0v) is 13.1. The number of anilines is 1. The summed E-state index contributed by atoms with van der Waals surface area (Å²) in [6.45, 7) is 3.83. The van der Waals surface area contributed by atoms with E-state index in [2.05, 4.69) is 5.32 Å². The second-order valence-electron chi connectivity index (χ2n) is 5.95. The summed E-state index contributed by atoms with van der Waals surface area (Å²) in [5.41, 5.74) is 8.11. The highest BCUT2D eigenvalue weighted by atomic mass is 16.4. The van der Waals surface area contributed by atoms with Crippen LogP contribution >= 0.6 is 0 Å². The van der Waals surface area contributed by atoms with Crippen molar-refractivity contribution < 1.29 is 19.5 Å². The Labute approximate surface area is 134 Å². The van der Waals surface area contributed by atoms with Crippen molar-refractivity contribution in [2.75, 3.05) is 5.32 Å². The first-order valence-corrected chi connectivity index (χ1v) is 7.38. The van der Waals surface area contributed by atoms with Crippen LogP contribution in [-0.2, 0) is 9.59 Å². The number of carbonyl (C=O) groups excluding carboxylic acids is 2. The Morgan fingerprint density at radius 3 is 2.04 bits per heavy atom. The molecule has 23 heavy (non-hydrogen) atoms. The predicted octanol–water partition coefficient (Wildman–Crippen LogP) is 2.17. The van der Waals surface area contributed by atoms with Crippen LogP contribution in [0, 0.1) is 11.8 Å². The number of hydrogen-bond donors (Lipinski definition) is 3. The molecule has 2 rings (SSSR count). The average Bonchev–Trinajstić information content (AvgIpc) is 2.49. The van der Waals surface area contributed by atoms with Crippen LogP contribution in [0.15, 0.2) is 35.4 Å². The molecule has 1 aromatic rings. The summed E-state index contributed by atoms with van der Waals surface area (Å²) in [4.78, 5) is 34.9. The number of carboxylic acids is 1. The molecular weight excluding hydrogens is 296 g/mol. The van der Waals surface area contributed by atoms with Crippen LogP contribution in [0.4, 0.5) is 5.69 Å². The van der Waals surface area contributed by atoms with Crippen LogP contribution in [0.3, 0.4) is 0 Å². The minimum Gasteiger partial charge on any atom is -0.481 e. The van der Waals surface area contributed by atoms with Gasteiger partial charge >= 0.3 is 5.97 Å². The molecule has 1 aromatic carbocycles. The van der Waals surface area contributed by atoms with E-state index in [1.54, 1.807) is 12.1 Å². The molecule has 0 unspecified atom stereocenters. The zero-order chi connectivity index (χ0) is 17.1. The van der Waals surface area contributed by atoms with Gasteiger partial charge in [-0.25, -0.2) is 0 Å². The molecule has 0 heterocycles. The molecule has 122 valence electrons. The quantitative estimate of drug-likeness (QED) is 0.739. The number of hydrogen-bond acceptors (Lipinski definition) is 3. The highest BCUT2D eigenvalue weighted by Gasteiger charge is 2.37. The number of benzene rings is 1. The molecule has 0 aromatic heterocycles. The van der Waals surface area contributed by atoms with Gasteiger partial charge in [0.1, 0.15) is 0 Å². The molecule has 2 atom stereocenters. The van der Waals surface area contributed by atoms with Crippen LogP contribution in [-0.4, -0.2) is 22.9 Å². The van der Waals surface area contributed by atoms with Crippen LogP contribution < -0.4 is 11.1 Å². The molecule has 0 saturated carbocycles. The maximum Gasteiger partial charge on any atom is 0.307 e. The number of nitrogens with one attached hydrogen (secondary N) is 1. The first-order chi connectivity index (χ1) is 10.8. The van der Waals surface area contributed by atoms with E-state index >= 15 is 0 Å². The number of nitrogens with two attached hydrogens (primary N) is 1. The Balaban J connectivity index is 2.15. The van der Waals surface area contributed by atoms with Crippen LogP contribution in [0.5, 0.6) is 0 Å². The molecule has 0 bridgehead atoms. The Kier molecular flexibility index (Phi) is 4.83. The Hall–Kier alpha value is -2.63. The predicted molar refractivity (Wildman–Crippen MR) is 85.8 cm³/mol. The summed E-state index contributed by atoms with van der Waals surface area (Å²) in [5.74, 6) is -3.15. The Bertz CT molecular complexity index is 676. The van der Waals surface area contributed by atoms with Gasteiger partial charge in [-0.15, -0.1) is 0 Å². The molecule has 0 saturated heterocycles. The average molecular weight is 316 g/mol.